The first-order chi connectivity index (χ1) is 9.86. The third kappa shape index (κ3) is 3.13. The summed E-state index contributed by atoms with van der Waals surface area (Å²) in [5.74, 6) is -0.894. The van der Waals surface area contributed by atoms with Gasteiger partial charge in [-0.15, -0.1) is 0 Å². The van der Waals surface area contributed by atoms with E-state index in [-0.39, 0.29) is 18.0 Å². The number of nitrogens with zero attached hydrogens (tertiary/aromatic N) is 2. The normalized spacial score (nSPS) is 12.3. The van der Waals surface area contributed by atoms with Crippen LogP contribution in [0.15, 0.2) is 30.5 Å². The van der Waals surface area contributed by atoms with Crippen LogP contribution in [0.5, 0.6) is 0 Å². The van der Waals surface area contributed by atoms with E-state index in [1.54, 1.807) is 6.92 Å². The second-order valence-corrected chi connectivity index (χ2v) is 4.31. The maximum Gasteiger partial charge on any atom is 0.434 e. The van der Waals surface area contributed by atoms with Gasteiger partial charge in [-0.3, -0.25) is 0 Å². The molecule has 1 N–H and O–H groups in total. The predicted molar refractivity (Wildman–Crippen MR) is 69.5 cm³/mol. The molecule has 0 amide bonds. The quantitative estimate of drug-likeness (QED) is 0.878. The van der Waals surface area contributed by atoms with E-state index in [4.69, 9.17) is 5.11 Å². The molecule has 3 nitrogen and oxygen atoms in total. The zero-order valence-corrected chi connectivity index (χ0v) is 11.0. The van der Waals surface area contributed by atoms with Crippen LogP contribution in [0.1, 0.15) is 18.2 Å². The third-order valence-corrected chi connectivity index (χ3v) is 2.79. The molecule has 21 heavy (non-hydrogen) atoms. The van der Waals surface area contributed by atoms with Crippen molar-refractivity contribution in [3.8, 4) is 11.4 Å². The van der Waals surface area contributed by atoms with Crippen LogP contribution in [0.3, 0.4) is 0 Å². The van der Waals surface area contributed by atoms with E-state index in [9.17, 15) is 17.6 Å². The van der Waals surface area contributed by atoms with E-state index >= 15 is 0 Å². The van der Waals surface area contributed by atoms with Crippen LogP contribution >= 0.6 is 0 Å². The molecule has 0 unspecified atom stereocenters. The van der Waals surface area contributed by atoms with E-state index in [0.717, 1.165) is 16.8 Å². The molecule has 1 aromatic heterocycles. The van der Waals surface area contributed by atoms with Crippen molar-refractivity contribution in [2.45, 2.75) is 19.7 Å². The summed E-state index contributed by atoms with van der Waals surface area (Å²) in [6.07, 6.45) is -0.930. The lowest BCUT2D eigenvalue weighted by atomic mass is 10.1. The fourth-order valence-electron chi connectivity index (χ4n) is 1.84. The van der Waals surface area contributed by atoms with Crippen LogP contribution in [0.25, 0.3) is 17.6 Å². The van der Waals surface area contributed by atoms with Crippen molar-refractivity contribution in [2.75, 3.05) is 0 Å². The summed E-state index contributed by atoms with van der Waals surface area (Å²) < 4.78 is 53.3. The Bertz CT molecular complexity index is 674. The number of alkyl halides is 3. The summed E-state index contributed by atoms with van der Waals surface area (Å²) in [7, 11) is 0. The molecule has 0 spiro atoms. The minimum absolute atomic E-state index is 0.0687. The molecule has 1 aromatic carbocycles. The second-order valence-electron chi connectivity index (χ2n) is 4.31. The minimum atomic E-state index is -4.61. The molecule has 0 saturated heterocycles. The first-order valence-electron chi connectivity index (χ1n) is 6.05. The summed E-state index contributed by atoms with van der Waals surface area (Å²) in [4.78, 5) is 3.47. The Hall–Kier alpha value is -2.15. The Kier molecular flexibility index (Phi) is 4.13. The number of halogens is 4. The Morgan fingerprint density at radius 1 is 1.33 bits per heavy atom. The smallest absolute Gasteiger partial charge is 0.392 e. The van der Waals surface area contributed by atoms with Gasteiger partial charge in [0.15, 0.2) is 5.69 Å². The van der Waals surface area contributed by atoms with Gasteiger partial charge in [0.05, 0.1) is 12.2 Å². The van der Waals surface area contributed by atoms with Crippen molar-refractivity contribution in [3.05, 3.63) is 47.5 Å². The highest BCUT2D eigenvalue weighted by molar-refractivity contribution is 5.60. The molecule has 0 fully saturated rings. The van der Waals surface area contributed by atoms with E-state index in [2.05, 4.69) is 4.98 Å². The van der Waals surface area contributed by atoms with Crippen LogP contribution < -0.4 is 0 Å². The molecule has 0 aliphatic heterocycles. The van der Waals surface area contributed by atoms with Gasteiger partial charge in [-0.1, -0.05) is 12.1 Å². The molecule has 2 aromatic rings. The largest absolute Gasteiger partial charge is 0.434 e. The van der Waals surface area contributed by atoms with Crippen LogP contribution in [0.4, 0.5) is 17.6 Å². The zero-order valence-electron chi connectivity index (χ0n) is 11.0. The minimum Gasteiger partial charge on any atom is -0.392 e. The molecule has 7 heteroatoms. The monoisotopic (exact) mass is 300 g/mol. The Labute approximate surface area is 118 Å². The molecule has 1 heterocycles. The lowest BCUT2D eigenvalue weighted by Crippen LogP contribution is -2.05. The molecule has 0 saturated carbocycles. The molecular formula is C14H12F4N2O. The topological polar surface area (TPSA) is 38.0 Å². The lowest BCUT2D eigenvalue weighted by molar-refractivity contribution is -0.140. The standard InChI is InChI=1S/C14H12F4N2O/c1-2-5-20-7-12(14(16,17)18)19-13(20)10-4-3-9(8-21)6-11(10)15/h2-7,21H,8H2,1H3. The van der Waals surface area contributed by atoms with Gasteiger partial charge in [-0.2, -0.15) is 13.2 Å². The lowest BCUT2D eigenvalue weighted by Gasteiger charge is -2.05. The second kappa shape index (κ2) is 5.69. The summed E-state index contributed by atoms with van der Waals surface area (Å²) in [5.41, 5.74) is -0.835. The van der Waals surface area contributed by atoms with E-state index in [0.29, 0.717) is 5.56 Å². The van der Waals surface area contributed by atoms with Gasteiger partial charge in [0.1, 0.15) is 11.6 Å². The number of aliphatic hydroxyl groups is 1. The highest BCUT2D eigenvalue weighted by Crippen LogP contribution is 2.32. The number of imidazole rings is 1. The Morgan fingerprint density at radius 3 is 2.57 bits per heavy atom. The first kappa shape index (κ1) is 15.2. The Morgan fingerprint density at radius 2 is 2.05 bits per heavy atom. The first-order valence-corrected chi connectivity index (χ1v) is 6.05. The number of hydrogen-bond donors (Lipinski definition) is 1. The number of aliphatic hydroxyl groups excluding tert-OH is 1. The number of aromatic nitrogens is 2. The number of rotatable bonds is 3. The maximum atomic E-state index is 14.0. The molecule has 0 atom stereocenters. The van der Waals surface area contributed by atoms with Crippen LogP contribution in [-0.2, 0) is 12.8 Å². The molecule has 0 aliphatic carbocycles. The summed E-state index contributed by atoms with van der Waals surface area (Å²) >= 11 is 0. The SMILES string of the molecule is CC=Cn1cc(C(F)(F)F)nc1-c1ccc(CO)cc1F. The van der Waals surface area contributed by atoms with Crippen molar-refractivity contribution in [2.24, 2.45) is 0 Å². The maximum absolute atomic E-state index is 14.0. The van der Waals surface area contributed by atoms with Crippen LogP contribution in [0, 0.1) is 5.82 Å². The van der Waals surface area contributed by atoms with E-state index in [1.807, 2.05) is 0 Å². The molecule has 2 rings (SSSR count). The highest BCUT2D eigenvalue weighted by Gasteiger charge is 2.35. The number of allylic oxidation sites excluding steroid dienone is 1. The molecule has 0 bridgehead atoms. The summed E-state index contributed by atoms with van der Waals surface area (Å²) in [5, 5.41) is 8.93. The van der Waals surface area contributed by atoms with Gasteiger partial charge in [-0.05, 0) is 24.6 Å². The fraction of sp³-hybridized carbons (Fsp3) is 0.214. The van der Waals surface area contributed by atoms with Crippen molar-refractivity contribution in [1.29, 1.82) is 0 Å². The molecule has 0 aliphatic rings. The van der Waals surface area contributed by atoms with E-state index < -0.39 is 17.7 Å². The van der Waals surface area contributed by atoms with Crippen LogP contribution in [0.2, 0.25) is 0 Å². The number of benzene rings is 1. The van der Waals surface area contributed by atoms with Gasteiger partial charge < -0.3 is 9.67 Å². The van der Waals surface area contributed by atoms with Gasteiger partial charge >= 0.3 is 6.18 Å². The molecule has 0 radical (unpaired) electrons. The summed E-state index contributed by atoms with van der Waals surface area (Å²) in [6, 6.07) is 3.79. The van der Waals surface area contributed by atoms with Gasteiger partial charge in [0.25, 0.3) is 0 Å². The summed E-state index contributed by atoms with van der Waals surface area (Å²) in [6.45, 7) is 1.27. The fourth-order valence-corrected chi connectivity index (χ4v) is 1.84. The van der Waals surface area contributed by atoms with Crippen LogP contribution in [-0.4, -0.2) is 14.7 Å². The third-order valence-electron chi connectivity index (χ3n) is 2.79. The van der Waals surface area contributed by atoms with E-state index in [1.165, 1.54) is 24.4 Å². The van der Waals surface area contributed by atoms with Gasteiger partial charge in [-0.25, -0.2) is 9.37 Å². The average molecular weight is 300 g/mol. The van der Waals surface area contributed by atoms with Gasteiger partial charge in [0.2, 0.25) is 0 Å². The zero-order chi connectivity index (χ0) is 15.6. The Balaban J connectivity index is 2.59. The highest BCUT2D eigenvalue weighted by atomic mass is 19.4. The number of hydrogen-bond acceptors (Lipinski definition) is 2. The predicted octanol–water partition coefficient (Wildman–Crippen LogP) is 3.69. The van der Waals surface area contributed by atoms with Crippen molar-refractivity contribution in [1.82, 2.24) is 9.55 Å². The van der Waals surface area contributed by atoms with Crippen molar-refractivity contribution in [3.63, 3.8) is 0 Å². The van der Waals surface area contributed by atoms with Crippen molar-refractivity contribution >= 4 is 6.20 Å². The molecular weight excluding hydrogens is 288 g/mol. The van der Waals surface area contributed by atoms with Gasteiger partial charge in [0, 0.05) is 12.4 Å². The molecule has 112 valence electrons. The average Bonchev–Trinajstić information content (AvgIpc) is 2.83. The van der Waals surface area contributed by atoms with Crippen molar-refractivity contribution < 1.29 is 22.7 Å².